The first-order valence-corrected chi connectivity index (χ1v) is 11.4. The molecular formula is C23H26ClNO4S. The van der Waals surface area contributed by atoms with Gasteiger partial charge in [-0.3, -0.25) is 4.79 Å². The van der Waals surface area contributed by atoms with Crippen molar-refractivity contribution in [2.24, 2.45) is 0 Å². The molecule has 0 saturated heterocycles. The largest absolute Gasteiger partial charge is 0.493 e. The molecular weight excluding hydrogens is 422 g/mol. The molecule has 0 amide bonds. The van der Waals surface area contributed by atoms with Gasteiger partial charge >= 0.3 is 5.97 Å². The van der Waals surface area contributed by atoms with Crippen LogP contribution in [0, 0.1) is 6.92 Å². The van der Waals surface area contributed by atoms with Crippen LogP contribution in [0.4, 0.5) is 0 Å². The lowest BCUT2D eigenvalue weighted by Crippen LogP contribution is -2.07. The number of hydrogen-bond donors (Lipinski definition) is 1. The maximum Gasteiger partial charge on any atom is 0.310 e. The summed E-state index contributed by atoms with van der Waals surface area (Å²) >= 11 is 7.98. The summed E-state index contributed by atoms with van der Waals surface area (Å²) in [7, 11) is 0. The van der Waals surface area contributed by atoms with Gasteiger partial charge in [-0.15, -0.1) is 11.8 Å². The number of aromatic nitrogens is 1. The van der Waals surface area contributed by atoms with Crippen molar-refractivity contribution < 1.29 is 19.2 Å². The molecule has 3 aromatic rings. The fourth-order valence-corrected chi connectivity index (χ4v) is 4.45. The molecule has 0 aliphatic carbocycles. The summed E-state index contributed by atoms with van der Waals surface area (Å²) < 4.78 is 11.6. The van der Waals surface area contributed by atoms with E-state index in [1.807, 2.05) is 31.2 Å². The zero-order valence-electron chi connectivity index (χ0n) is 17.4. The third-order valence-corrected chi connectivity index (χ3v) is 6.60. The zero-order valence-corrected chi connectivity index (χ0v) is 19.0. The van der Waals surface area contributed by atoms with E-state index >= 15 is 0 Å². The minimum Gasteiger partial charge on any atom is -0.493 e. The molecule has 5 nitrogen and oxygen atoms in total. The van der Waals surface area contributed by atoms with Crippen molar-refractivity contribution in [3.05, 3.63) is 52.2 Å². The Morgan fingerprint density at radius 2 is 2.13 bits per heavy atom. The molecule has 0 fully saturated rings. The number of hydrogen-bond acceptors (Lipinski definition) is 5. The first-order chi connectivity index (χ1) is 14.4. The van der Waals surface area contributed by atoms with E-state index in [9.17, 15) is 4.79 Å². The van der Waals surface area contributed by atoms with E-state index in [0.717, 1.165) is 57.9 Å². The minimum atomic E-state index is -0.857. The van der Waals surface area contributed by atoms with Crippen LogP contribution in [0.5, 0.6) is 5.75 Å². The number of ether oxygens (including phenoxy) is 1. The molecule has 0 radical (unpaired) electrons. The fourth-order valence-electron chi connectivity index (χ4n) is 3.25. The SMILES string of the molecule is CCCc1c(OCCCSc2ccc(C(C)C(=O)O)cc2Cl)ccc2c(C)noc12. The predicted molar refractivity (Wildman–Crippen MR) is 121 cm³/mol. The normalized spacial score (nSPS) is 12.3. The maximum atomic E-state index is 11.1. The Kier molecular flexibility index (Phi) is 7.67. The Bertz CT molecular complexity index is 1030. The van der Waals surface area contributed by atoms with E-state index in [-0.39, 0.29) is 0 Å². The van der Waals surface area contributed by atoms with E-state index in [1.54, 1.807) is 24.8 Å². The summed E-state index contributed by atoms with van der Waals surface area (Å²) in [5.41, 5.74) is 3.51. The van der Waals surface area contributed by atoms with Crippen molar-refractivity contribution in [2.75, 3.05) is 12.4 Å². The zero-order chi connectivity index (χ0) is 21.7. The lowest BCUT2D eigenvalue weighted by molar-refractivity contribution is -0.138. The molecule has 1 aromatic heterocycles. The number of nitrogens with zero attached hydrogens (tertiary/aromatic N) is 1. The molecule has 1 heterocycles. The molecule has 160 valence electrons. The van der Waals surface area contributed by atoms with Crippen LogP contribution in [0.2, 0.25) is 5.02 Å². The summed E-state index contributed by atoms with van der Waals surface area (Å²) in [6.07, 6.45) is 2.74. The van der Waals surface area contributed by atoms with E-state index in [2.05, 4.69) is 12.1 Å². The summed E-state index contributed by atoms with van der Waals surface area (Å²) in [4.78, 5) is 12.1. The van der Waals surface area contributed by atoms with Gasteiger partial charge in [-0.1, -0.05) is 36.2 Å². The van der Waals surface area contributed by atoms with Gasteiger partial charge < -0.3 is 14.4 Å². The van der Waals surface area contributed by atoms with Crippen LogP contribution in [0.25, 0.3) is 11.0 Å². The number of rotatable bonds is 10. The van der Waals surface area contributed by atoms with E-state index < -0.39 is 11.9 Å². The molecule has 2 aromatic carbocycles. The lowest BCUT2D eigenvalue weighted by Gasteiger charge is -2.12. The van der Waals surface area contributed by atoms with Crippen molar-refractivity contribution in [2.45, 2.75) is 50.8 Å². The average Bonchev–Trinajstić information content (AvgIpc) is 3.10. The Morgan fingerprint density at radius 3 is 2.83 bits per heavy atom. The second-order valence-electron chi connectivity index (χ2n) is 7.24. The van der Waals surface area contributed by atoms with Crippen molar-refractivity contribution in [1.29, 1.82) is 0 Å². The maximum absolute atomic E-state index is 11.1. The van der Waals surface area contributed by atoms with Gasteiger partial charge in [0.15, 0.2) is 5.58 Å². The van der Waals surface area contributed by atoms with Crippen molar-refractivity contribution >= 4 is 40.3 Å². The highest BCUT2D eigenvalue weighted by Crippen LogP contribution is 2.32. The summed E-state index contributed by atoms with van der Waals surface area (Å²) in [6, 6.07) is 9.47. The number of thioether (sulfide) groups is 1. The first-order valence-electron chi connectivity index (χ1n) is 10.1. The van der Waals surface area contributed by atoms with E-state index in [0.29, 0.717) is 17.2 Å². The van der Waals surface area contributed by atoms with Gasteiger partial charge in [0, 0.05) is 21.6 Å². The molecule has 0 saturated carbocycles. The molecule has 0 bridgehead atoms. The van der Waals surface area contributed by atoms with E-state index in [4.69, 9.17) is 26.0 Å². The van der Waals surface area contributed by atoms with E-state index in [1.165, 1.54) is 0 Å². The van der Waals surface area contributed by atoms with Crippen LogP contribution in [-0.2, 0) is 11.2 Å². The van der Waals surface area contributed by atoms with Gasteiger partial charge in [-0.2, -0.15) is 0 Å². The Balaban J connectivity index is 1.55. The second kappa shape index (κ2) is 10.2. The highest BCUT2D eigenvalue weighted by atomic mass is 35.5. The van der Waals surface area contributed by atoms with Gasteiger partial charge in [0.1, 0.15) is 5.75 Å². The minimum absolute atomic E-state index is 0.572. The quantitative estimate of drug-likeness (QED) is 0.283. The Hall–Kier alpha value is -2.18. The number of aryl methyl sites for hydroxylation is 2. The van der Waals surface area contributed by atoms with Crippen LogP contribution in [0.15, 0.2) is 39.8 Å². The molecule has 0 aliphatic heterocycles. The summed E-state index contributed by atoms with van der Waals surface area (Å²) in [5, 5.41) is 14.8. The first kappa shape index (κ1) is 22.5. The molecule has 7 heteroatoms. The van der Waals surface area contributed by atoms with Crippen LogP contribution < -0.4 is 4.74 Å². The van der Waals surface area contributed by atoms with Gasteiger partial charge in [-0.25, -0.2) is 0 Å². The molecule has 1 unspecified atom stereocenters. The monoisotopic (exact) mass is 447 g/mol. The number of fused-ring (bicyclic) bond motifs is 1. The fraction of sp³-hybridized carbons (Fsp3) is 0.391. The second-order valence-corrected chi connectivity index (χ2v) is 8.78. The third kappa shape index (κ3) is 5.10. The van der Waals surface area contributed by atoms with Crippen molar-refractivity contribution in [3.63, 3.8) is 0 Å². The van der Waals surface area contributed by atoms with Crippen molar-refractivity contribution in [1.82, 2.24) is 5.16 Å². The van der Waals surface area contributed by atoms with Crippen LogP contribution in [0.3, 0.4) is 0 Å². The van der Waals surface area contributed by atoms with Crippen LogP contribution in [-0.4, -0.2) is 28.6 Å². The molecule has 0 spiro atoms. The van der Waals surface area contributed by atoms with Crippen molar-refractivity contribution in [3.8, 4) is 5.75 Å². The molecule has 3 rings (SSSR count). The molecule has 0 aliphatic rings. The smallest absolute Gasteiger partial charge is 0.310 e. The number of aliphatic carboxylic acids is 1. The van der Waals surface area contributed by atoms with Crippen LogP contribution in [0.1, 0.15) is 49.4 Å². The highest BCUT2D eigenvalue weighted by Gasteiger charge is 2.16. The van der Waals surface area contributed by atoms with Gasteiger partial charge in [0.05, 0.1) is 23.2 Å². The van der Waals surface area contributed by atoms with Gasteiger partial charge in [0.2, 0.25) is 0 Å². The number of carboxylic acids is 1. The van der Waals surface area contributed by atoms with Gasteiger partial charge in [-0.05, 0) is 56.5 Å². The molecule has 30 heavy (non-hydrogen) atoms. The number of carbonyl (C=O) groups is 1. The average molecular weight is 448 g/mol. The number of benzene rings is 2. The standard InChI is InChI=1S/C23H26ClNO4S/c1-4-6-18-20(9-8-17-15(3)25-29-22(17)18)28-11-5-12-30-21-10-7-16(13-19(21)24)14(2)23(26)27/h7-10,13-14H,4-6,11-12H2,1-3H3,(H,26,27). The summed E-state index contributed by atoms with van der Waals surface area (Å²) in [5.74, 6) is 0.276. The predicted octanol–water partition coefficient (Wildman–Crippen LogP) is 6.49. The Morgan fingerprint density at radius 1 is 1.33 bits per heavy atom. The molecule has 1 atom stereocenters. The molecule has 1 N–H and O–H groups in total. The van der Waals surface area contributed by atoms with Crippen LogP contribution >= 0.6 is 23.4 Å². The lowest BCUT2D eigenvalue weighted by atomic mass is 10.0. The summed E-state index contributed by atoms with van der Waals surface area (Å²) in [6.45, 7) is 6.32. The topological polar surface area (TPSA) is 72.6 Å². The number of carboxylic acid groups (broad SMARTS) is 1. The Labute approximate surface area is 185 Å². The number of halogens is 1. The highest BCUT2D eigenvalue weighted by molar-refractivity contribution is 7.99. The van der Waals surface area contributed by atoms with Gasteiger partial charge in [0.25, 0.3) is 0 Å². The third-order valence-electron chi connectivity index (χ3n) is 5.01.